The summed E-state index contributed by atoms with van der Waals surface area (Å²) in [5.74, 6) is 0.345. The van der Waals surface area contributed by atoms with Crippen LogP contribution in [0.3, 0.4) is 0 Å². The molecule has 0 aromatic carbocycles. The molecular formula is C9H13ClN2OS. The zero-order chi connectivity index (χ0) is 10.4. The predicted octanol–water partition coefficient (Wildman–Crippen LogP) is 1.95. The van der Waals surface area contributed by atoms with E-state index in [0.29, 0.717) is 18.8 Å². The van der Waals surface area contributed by atoms with Gasteiger partial charge in [-0.2, -0.15) is 0 Å². The lowest BCUT2D eigenvalue weighted by atomic mass is 10.4. The van der Waals surface area contributed by atoms with E-state index in [1.54, 1.807) is 11.3 Å². The molecule has 78 valence electrons. The number of thiazole rings is 1. The Hall–Kier alpha value is -0.610. The molecule has 1 aromatic rings. The molecule has 0 spiro atoms. The minimum atomic E-state index is -0.0201. The van der Waals surface area contributed by atoms with Crippen molar-refractivity contribution in [1.29, 1.82) is 0 Å². The third-order valence-corrected chi connectivity index (χ3v) is 3.04. The predicted molar refractivity (Wildman–Crippen MR) is 58.7 cm³/mol. The fourth-order valence-corrected chi connectivity index (χ4v) is 1.92. The molecular weight excluding hydrogens is 220 g/mol. The van der Waals surface area contributed by atoms with Gasteiger partial charge in [0.2, 0.25) is 5.91 Å². The monoisotopic (exact) mass is 232 g/mol. The van der Waals surface area contributed by atoms with E-state index in [1.807, 2.05) is 6.20 Å². The lowest BCUT2D eigenvalue weighted by Gasteiger charge is -1.99. The largest absolute Gasteiger partial charge is 0.350 e. The van der Waals surface area contributed by atoms with Gasteiger partial charge in [0.1, 0.15) is 5.01 Å². The number of hydrogen-bond donors (Lipinski definition) is 1. The number of carbonyl (C=O) groups is 1. The molecule has 0 bridgehead atoms. The summed E-state index contributed by atoms with van der Waals surface area (Å²) in [5.41, 5.74) is 0. The quantitative estimate of drug-likeness (QED) is 0.789. The molecule has 0 unspecified atom stereocenters. The topological polar surface area (TPSA) is 42.0 Å². The molecule has 0 saturated heterocycles. The second-order valence-corrected chi connectivity index (χ2v) is 4.37. The van der Waals surface area contributed by atoms with Crippen LogP contribution in [0.25, 0.3) is 0 Å². The molecule has 0 radical (unpaired) electrons. The van der Waals surface area contributed by atoms with Crippen LogP contribution in [0.2, 0.25) is 0 Å². The van der Waals surface area contributed by atoms with Gasteiger partial charge in [0.25, 0.3) is 0 Å². The summed E-state index contributed by atoms with van der Waals surface area (Å²) in [5, 5.41) is 3.71. The van der Waals surface area contributed by atoms with E-state index in [0.717, 1.165) is 11.4 Å². The number of nitrogens with one attached hydrogen (secondary N) is 1. The molecule has 0 saturated carbocycles. The summed E-state index contributed by atoms with van der Waals surface area (Å²) in [7, 11) is 0. The SMILES string of the molecule is CCc1cnc(CNC(=O)CCCl)s1. The van der Waals surface area contributed by atoms with E-state index in [4.69, 9.17) is 11.6 Å². The van der Waals surface area contributed by atoms with Gasteiger partial charge in [0.15, 0.2) is 0 Å². The maximum Gasteiger partial charge on any atom is 0.221 e. The lowest BCUT2D eigenvalue weighted by Crippen LogP contribution is -2.22. The Kier molecular flexibility index (Phi) is 4.90. The Morgan fingerprint density at radius 1 is 1.71 bits per heavy atom. The summed E-state index contributed by atoms with van der Waals surface area (Å²) in [6, 6.07) is 0. The number of aromatic nitrogens is 1. The molecule has 1 heterocycles. The van der Waals surface area contributed by atoms with E-state index in [2.05, 4.69) is 17.2 Å². The average Bonchev–Trinajstić information content (AvgIpc) is 2.63. The van der Waals surface area contributed by atoms with Gasteiger partial charge in [-0.15, -0.1) is 22.9 Å². The van der Waals surface area contributed by atoms with Gasteiger partial charge in [0.05, 0.1) is 6.54 Å². The Morgan fingerprint density at radius 3 is 3.07 bits per heavy atom. The van der Waals surface area contributed by atoms with Crippen molar-refractivity contribution in [2.24, 2.45) is 0 Å². The van der Waals surface area contributed by atoms with E-state index in [9.17, 15) is 4.79 Å². The molecule has 5 heteroatoms. The zero-order valence-electron chi connectivity index (χ0n) is 8.05. The van der Waals surface area contributed by atoms with Crippen LogP contribution in [0.4, 0.5) is 0 Å². The highest BCUT2D eigenvalue weighted by Crippen LogP contribution is 2.12. The maximum absolute atomic E-state index is 11.1. The van der Waals surface area contributed by atoms with Gasteiger partial charge in [-0.25, -0.2) is 4.98 Å². The average molecular weight is 233 g/mol. The molecule has 1 amide bonds. The minimum absolute atomic E-state index is 0.0201. The highest BCUT2D eigenvalue weighted by atomic mass is 35.5. The van der Waals surface area contributed by atoms with Crippen molar-refractivity contribution in [3.63, 3.8) is 0 Å². The maximum atomic E-state index is 11.1. The van der Waals surface area contributed by atoms with Crippen molar-refractivity contribution in [3.8, 4) is 0 Å². The summed E-state index contributed by atoms with van der Waals surface area (Å²) >= 11 is 7.06. The Balaban J connectivity index is 2.34. The third-order valence-electron chi connectivity index (χ3n) is 1.71. The number of nitrogens with zero attached hydrogens (tertiary/aromatic N) is 1. The second kappa shape index (κ2) is 5.98. The van der Waals surface area contributed by atoms with E-state index in [1.165, 1.54) is 4.88 Å². The van der Waals surface area contributed by atoms with Gasteiger partial charge in [-0.3, -0.25) is 4.79 Å². The van der Waals surface area contributed by atoms with E-state index in [-0.39, 0.29) is 5.91 Å². The fourth-order valence-electron chi connectivity index (χ4n) is 0.942. The minimum Gasteiger partial charge on any atom is -0.350 e. The number of carbonyl (C=O) groups excluding carboxylic acids is 1. The van der Waals surface area contributed by atoms with Gasteiger partial charge in [0, 0.05) is 23.4 Å². The zero-order valence-corrected chi connectivity index (χ0v) is 9.62. The molecule has 1 rings (SSSR count). The second-order valence-electron chi connectivity index (χ2n) is 2.79. The summed E-state index contributed by atoms with van der Waals surface area (Å²) in [4.78, 5) is 16.5. The van der Waals surface area contributed by atoms with E-state index < -0.39 is 0 Å². The molecule has 3 nitrogen and oxygen atoms in total. The van der Waals surface area contributed by atoms with Gasteiger partial charge >= 0.3 is 0 Å². The molecule has 0 aliphatic heterocycles. The Labute approximate surface area is 92.5 Å². The molecule has 14 heavy (non-hydrogen) atoms. The van der Waals surface area contributed by atoms with Gasteiger partial charge in [-0.1, -0.05) is 6.92 Å². The number of amides is 1. The lowest BCUT2D eigenvalue weighted by molar-refractivity contribution is -0.120. The number of hydrogen-bond acceptors (Lipinski definition) is 3. The van der Waals surface area contributed by atoms with Crippen LogP contribution < -0.4 is 5.32 Å². The summed E-state index contributed by atoms with van der Waals surface area (Å²) in [6.07, 6.45) is 3.22. The smallest absolute Gasteiger partial charge is 0.221 e. The highest BCUT2D eigenvalue weighted by molar-refractivity contribution is 7.11. The van der Waals surface area contributed by atoms with Gasteiger partial charge in [-0.05, 0) is 6.42 Å². The van der Waals surface area contributed by atoms with Crippen LogP contribution in [0.1, 0.15) is 23.2 Å². The fraction of sp³-hybridized carbons (Fsp3) is 0.556. The van der Waals surface area contributed by atoms with E-state index >= 15 is 0 Å². The normalized spacial score (nSPS) is 10.1. The third kappa shape index (κ3) is 3.64. The molecule has 1 N–H and O–H groups in total. The first-order valence-corrected chi connectivity index (χ1v) is 5.87. The number of aryl methyl sites for hydroxylation is 1. The summed E-state index contributed by atoms with van der Waals surface area (Å²) < 4.78 is 0. The van der Waals surface area contributed by atoms with Crippen LogP contribution in [0.15, 0.2) is 6.20 Å². The van der Waals surface area contributed by atoms with Crippen LogP contribution >= 0.6 is 22.9 Å². The number of rotatable bonds is 5. The Bertz CT molecular complexity index is 301. The van der Waals surface area contributed by atoms with Crippen LogP contribution in [0, 0.1) is 0 Å². The first-order valence-electron chi connectivity index (χ1n) is 4.52. The van der Waals surface area contributed by atoms with Crippen molar-refractivity contribution in [1.82, 2.24) is 10.3 Å². The molecule has 0 aliphatic rings. The van der Waals surface area contributed by atoms with Crippen molar-refractivity contribution in [2.75, 3.05) is 5.88 Å². The first kappa shape index (κ1) is 11.5. The highest BCUT2D eigenvalue weighted by Gasteiger charge is 2.03. The standard InChI is InChI=1S/C9H13ClN2OS/c1-2-7-5-12-9(14-7)6-11-8(13)3-4-10/h5H,2-4,6H2,1H3,(H,11,13). The Morgan fingerprint density at radius 2 is 2.50 bits per heavy atom. The van der Waals surface area contributed by atoms with Gasteiger partial charge < -0.3 is 5.32 Å². The van der Waals surface area contributed by atoms with Crippen LogP contribution in [0.5, 0.6) is 0 Å². The van der Waals surface area contributed by atoms with Crippen molar-refractivity contribution in [2.45, 2.75) is 26.3 Å². The van der Waals surface area contributed by atoms with Crippen molar-refractivity contribution in [3.05, 3.63) is 16.1 Å². The van der Waals surface area contributed by atoms with Crippen molar-refractivity contribution < 1.29 is 4.79 Å². The summed E-state index contributed by atoms with van der Waals surface area (Å²) in [6.45, 7) is 2.60. The number of halogens is 1. The molecule has 1 aromatic heterocycles. The number of alkyl halides is 1. The molecule has 0 fully saturated rings. The van der Waals surface area contributed by atoms with Crippen LogP contribution in [-0.2, 0) is 17.8 Å². The molecule has 0 atom stereocenters. The van der Waals surface area contributed by atoms with Crippen molar-refractivity contribution >= 4 is 28.8 Å². The first-order chi connectivity index (χ1) is 6.76. The molecule has 0 aliphatic carbocycles. The van der Waals surface area contributed by atoms with Crippen LogP contribution in [-0.4, -0.2) is 16.8 Å².